The first-order valence-corrected chi connectivity index (χ1v) is 4.79. The number of thiophene rings is 1. The molecule has 0 spiro atoms. The van der Waals surface area contributed by atoms with Gasteiger partial charge in [-0.25, -0.2) is 4.79 Å². The Labute approximate surface area is 91.3 Å². The SMILES string of the molecule is NC(C(=O)O)(c1ccsc1Cl)C(F)(F)F. The number of carboxylic acid groups (broad SMARTS) is 1. The molecule has 1 atom stereocenters. The minimum Gasteiger partial charge on any atom is -0.479 e. The summed E-state index contributed by atoms with van der Waals surface area (Å²) in [7, 11) is 0. The Morgan fingerprint density at radius 2 is 2.07 bits per heavy atom. The summed E-state index contributed by atoms with van der Waals surface area (Å²) in [5, 5.41) is 9.81. The van der Waals surface area contributed by atoms with Gasteiger partial charge in [0.25, 0.3) is 0 Å². The number of carboxylic acids is 1. The fourth-order valence-corrected chi connectivity index (χ4v) is 2.01. The van der Waals surface area contributed by atoms with E-state index < -0.39 is 23.2 Å². The predicted molar refractivity (Wildman–Crippen MR) is 48.9 cm³/mol. The first kappa shape index (κ1) is 12.3. The second-order valence-electron chi connectivity index (χ2n) is 2.72. The Bertz CT molecular complexity index is 392. The van der Waals surface area contributed by atoms with Crippen LogP contribution in [-0.4, -0.2) is 17.3 Å². The number of hydrogen-bond acceptors (Lipinski definition) is 3. The minimum atomic E-state index is -5.11. The van der Waals surface area contributed by atoms with Crippen molar-refractivity contribution in [3.05, 3.63) is 21.3 Å². The van der Waals surface area contributed by atoms with Crippen molar-refractivity contribution >= 4 is 28.9 Å². The lowest BCUT2D eigenvalue weighted by atomic mass is 9.93. The van der Waals surface area contributed by atoms with Crippen LogP contribution < -0.4 is 5.73 Å². The largest absolute Gasteiger partial charge is 0.479 e. The van der Waals surface area contributed by atoms with E-state index >= 15 is 0 Å². The van der Waals surface area contributed by atoms with Gasteiger partial charge in [-0.1, -0.05) is 11.6 Å². The summed E-state index contributed by atoms with van der Waals surface area (Å²) in [6.45, 7) is 0. The molecule has 0 aliphatic rings. The summed E-state index contributed by atoms with van der Waals surface area (Å²) in [6, 6.07) is 0.953. The molecule has 0 saturated carbocycles. The van der Waals surface area contributed by atoms with Crippen LogP contribution in [0.25, 0.3) is 0 Å². The molecule has 0 amide bonds. The number of nitrogens with two attached hydrogens (primary N) is 1. The Morgan fingerprint density at radius 3 is 2.33 bits per heavy atom. The van der Waals surface area contributed by atoms with Crippen LogP contribution in [0.2, 0.25) is 4.34 Å². The third-order valence-corrected chi connectivity index (χ3v) is 3.00. The maximum atomic E-state index is 12.5. The van der Waals surface area contributed by atoms with E-state index in [1.54, 1.807) is 0 Å². The number of rotatable bonds is 2. The van der Waals surface area contributed by atoms with E-state index in [-0.39, 0.29) is 4.34 Å². The Hall–Kier alpha value is -0.790. The predicted octanol–water partition coefficient (Wildman–Crippen LogP) is 2.20. The molecule has 3 N–H and O–H groups in total. The van der Waals surface area contributed by atoms with E-state index in [4.69, 9.17) is 22.4 Å². The van der Waals surface area contributed by atoms with Gasteiger partial charge in [0.15, 0.2) is 0 Å². The molecule has 84 valence electrons. The van der Waals surface area contributed by atoms with Crippen molar-refractivity contribution in [2.45, 2.75) is 11.7 Å². The van der Waals surface area contributed by atoms with E-state index in [0.29, 0.717) is 0 Å². The molecule has 0 aliphatic carbocycles. The van der Waals surface area contributed by atoms with Gasteiger partial charge in [0, 0.05) is 5.56 Å². The van der Waals surface area contributed by atoms with Gasteiger partial charge in [-0.05, 0) is 11.4 Å². The Morgan fingerprint density at radius 1 is 1.53 bits per heavy atom. The molecule has 0 fully saturated rings. The number of halogens is 4. The summed E-state index contributed by atoms with van der Waals surface area (Å²) >= 11 is 6.24. The van der Waals surface area contributed by atoms with E-state index in [1.807, 2.05) is 0 Å². The lowest BCUT2D eigenvalue weighted by molar-refractivity contribution is -0.204. The van der Waals surface area contributed by atoms with Gasteiger partial charge in [-0.2, -0.15) is 13.2 Å². The standard InChI is InChI=1S/C7H5ClF3NO2S/c8-4-3(1-2-15-4)6(12,5(13)14)7(9,10)11/h1-2H,12H2,(H,13,14). The number of aliphatic carboxylic acids is 1. The van der Waals surface area contributed by atoms with Crippen molar-refractivity contribution in [3.8, 4) is 0 Å². The van der Waals surface area contributed by atoms with Gasteiger partial charge < -0.3 is 10.8 Å². The third kappa shape index (κ3) is 1.82. The van der Waals surface area contributed by atoms with Crippen LogP contribution in [0.4, 0.5) is 13.2 Å². The van der Waals surface area contributed by atoms with E-state index in [2.05, 4.69) is 0 Å². The number of alkyl halides is 3. The Kier molecular flexibility index (Phi) is 2.99. The smallest absolute Gasteiger partial charge is 0.421 e. The van der Waals surface area contributed by atoms with Crippen LogP contribution in [0.15, 0.2) is 11.4 Å². The maximum absolute atomic E-state index is 12.5. The molecule has 3 nitrogen and oxygen atoms in total. The van der Waals surface area contributed by atoms with Gasteiger partial charge in [-0.15, -0.1) is 11.3 Å². The summed E-state index contributed by atoms with van der Waals surface area (Å²) < 4.78 is 37.3. The zero-order valence-electron chi connectivity index (χ0n) is 7.01. The zero-order chi connectivity index (χ0) is 11.9. The van der Waals surface area contributed by atoms with Crippen LogP contribution in [0, 0.1) is 0 Å². The van der Waals surface area contributed by atoms with E-state index in [0.717, 1.165) is 17.4 Å². The van der Waals surface area contributed by atoms with Gasteiger partial charge in [0.05, 0.1) is 4.34 Å². The molecule has 0 aliphatic heterocycles. The highest BCUT2D eigenvalue weighted by Crippen LogP contribution is 2.41. The van der Waals surface area contributed by atoms with Crippen LogP contribution in [0.5, 0.6) is 0 Å². The van der Waals surface area contributed by atoms with Crippen molar-refractivity contribution in [1.29, 1.82) is 0 Å². The molecule has 1 aromatic heterocycles. The fraction of sp³-hybridized carbons (Fsp3) is 0.286. The normalized spacial score (nSPS) is 16.1. The molecular formula is C7H5ClF3NO2S. The van der Waals surface area contributed by atoms with E-state index in [9.17, 15) is 18.0 Å². The highest BCUT2D eigenvalue weighted by Gasteiger charge is 2.60. The molecule has 0 saturated heterocycles. The molecule has 0 aromatic carbocycles. The fourth-order valence-electron chi connectivity index (χ4n) is 0.966. The minimum absolute atomic E-state index is 0.280. The van der Waals surface area contributed by atoms with Crippen molar-refractivity contribution in [3.63, 3.8) is 0 Å². The molecule has 1 rings (SSSR count). The topological polar surface area (TPSA) is 63.3 Å². The van der Waals surface area contributed by atoms with Crippen molar-refractivity contribution in [2.75, 3.05) is 0 Å². The lowest BCUT2D eigenvalue weighted by Crippen LogP contribution is -2.56. The van der Waals surface area contributed by atoms with Crippen LogP contribution in [-0.2, 0) is 10.3 Å². The van der Waals surface area contributed by atoms with Crippen molar-refractivity contribution in [2.24, 2.45) is 5.73 Å². The van der Waals surface area contributed by atoms with Crippen LogP contribution >= 0.6 is 22.9 Å². The molecule has 15 heavy (non-hydrogen) atoms. The molecule has 1 unspecified atom stereocenters. The number of hydrogen-bond donors (Lipinski definition) is 2. The molecule has 8 heteroatoms. The first-order valence-electron chi connectivity index (χ1n) is 3.53. The molecule has 0 bridgehead atoms. The summed E-state index contributed by atoms with van der Waals surface area (Å²) in [6.07, 6.45) is -5.11. The molecule has 0 radical (unpaired) electrons. The average molecular weight is 260 g/mol. The van der Waals surface area contributed by atoms with Crippen molar-refractivity contribution in [1.82, 2.24) is 0 Å². The lowest BCUT2D eigenvalue weighted by Gasteiger charge is -2.26. The highest BCUT2D eigenvalue weighted by molar-refractivity contribution is 7.14. The van der Waals surface area contributed by atoms with Gasteiger partial charge >= 0.3 is 12.1 Å². The second kappa shape index (κ2) is 3.66. The summed E-state index contributed by atoms with van der Waals surface area (Å²) in [4.78, 5) is 10.6. The molecular weight excluding hydrogens is 255 g/mol. The van der Waals surface area contributed by atoms with Crippen LogP contribution in [0.3, 0.4) is 0 Å². The average Bonchev–Trinajstić information content (AvgIpc) is 2.47. The quantitative estimate of drug-likeness (QED) is 0.856. The van der Waals surface area contributed by atoms with E-state index in [1.165, 1.54) is 5.38 Å². The Balaban J connectivity index is 3.39. The van der Waals surface area contributed by atoms with Gasteiger partial charge in [-0.3, -0.25) is 0 Å². The zero-order valence-corrected chi connectivity index (χ0v) is 8.58. The monoisotopic (exact) mass is 259 g/mol. The summed E-state index contributed by atoms with van der Waals surface area (Å²) in [5.74, 6) is -2.18. The second-order valence-corrected chi connectivity index (χ2v) is 4.24. The summed E-state index contributed by atoms with van der Waals surface area (Å²) in [5.41, 5.74) is 0.784. The maximum Gasteiger partial charge on any atom is 0.421 e. The first-order chi connectivity index (χ1) is 6.71. The van der Waals surface area contributed by atoms with Crippen LogP contribution in [0.1, 0.15) is 5.56 Å². The molecule has 1 aromatic rings. The van der Waals surface area contributed by atoms with Gasteiger partial charge in [0.2, 0.25) is 5.54 Å². The third-order valence-electron chi connectivity index (χ3n) is 1.83. The molecule has 1 heterocycles. The van der Waals surface area contributed by atoms with Gasteiger partial charge in [0.1, 0.15) is 0 Å². The van der Waals surface area contributed by atoms with Crippen molar-refractivity contribution < 1.29 is 23.1 Å². The highest BCUT2D eigenvalue weighted by atomic mass is 35.5. The number of carbonyl (C=O) groups is 1.